The summed E-state index contributed by atoms with van der Waals surface area (Å²) >= 11 is 1.57. The van der Waals surface area contributed by atoms with Crippen molar-refractivity contribution in [1.82, 2.24) is 0 Å². The Kier molecular flexibility index (Phi) is 9.04. The van der Waals surface area contributed by atoms with Gasteiger partial charge in [0, 0.05) is 10.6 Å². The monoisotopic (exact) mass is 500 g/mol. The van der Waals surface area contributed by atoms with Gasteiger partial charge >= 0.3 is 12.1 Å². The number of thioether (sulfide) groups is 1. The molecule has 0 saturated heterocycles. The number of esters is 1. The molecule has 35 heavy (non-hydrogen) atoms. The van der Waals surface area contributed by atoms with E-state index in [1.54, 1.807) is 17.8 Å². The Labute approximate surface area is 208 Å². The van der Waals surface area contributed by atoms with Gasteiger partial charge in [-0.25, -0.2) is 4.79 Å². The predicted molar refractivity (Wildman–Crippen MR) is 134 cm³/mol. The Balaban J connectivity index is 1.85. The molecular formula is C28H27F3O3S. The van der Waals surface area contributed by atoms with Crippen LogP contribution in [0.5, 0.6) is 5.75 Å². The van der Waals surface area contributed by atoms with E-state index >= 15 is 0 Å². The third kappa shape index (κ3) is 7.39. The summed E-state index contributed by atoms with van der Waals surface area (Å²) in [7, 11) is 1.31. The standard InChI is InChI=1S/C28H27F3O3S/c1-4-20-17-24(11-12-26(20)34-18-27(32)33-3)35-14-13-25(21-8-5-7-19(2)15-21)22-9-6-10-23(16-22)28(29,30)31/h5-13,15-17H,4,14,18H2,1-3H3/b25-13-. The van der Waals surface area contributed by atoms with Gasteiger partial charge in [0.05, 0.1) is 12.7 Å². The van der Waals surface area contributed by atoms with Crippen molar-refractivity contribution in [3.8, 4) is 5.75 Å². The molecule has 0 spiro atoms. The van der Waals surface area contributed by atoms with E-state index in [0.717, 1.165) is 39.6 Å². The number of hydrogen-bond acceptors (Lipinski definition) is 4. The number of rotatable bonds is 9. The molecule has 0 heterocycles. The molecule has 0 fully saturated rings. The van der Waals surface area contributed by atoms with Crippen LogP contribution in [0.4, 0.5) is 13.2 Å². The summed E-state index contributed by atoms with van der Waals surface area (Å²) in [5, 5.41) is 0. The molecule has 0 saturated carbocycles. The van der Waals surface area contributed by atoms with Gasteiger partial charge in [0.1, 0.15) is 5.75 Å². The fourth-order valence-electron chi connectivity index (χ4n) is 3.56. The van der Waals surface area contributed by atoms with Gasteiger partial charge in [-0.1, -0.05) is 55.0 Å². The molecule has 184 valence electrons. The van der Waals surface area contributed by atoms with Crippen molar-refractivity contribution in [2.24, 2.45) is 0 Å². The fourth-order valence-corrected chi connectivity index (χ4v) is 4.39. The molecule has 3 aromatic rings. The van der Waals surface area contributed by atoms with Gasteiger partial charge in [-0.3, -0.25) is 0 Å². The van der Waals surface area contributed by atoms with Gasteiger partial charge in [-0.15, -0.1) is 11.8 Å². The molecular weight excluding hydrogens is 473 g/mol. The Morgan fingerprint density at radius 3 is 2.37 bits per heavy atom. The highest BCUT2D eigenvalue weighted by molar-refractivity contribution is 7.99. The van der Waals surface area contributed by atoms with Crippen molar-refractivity contribution in [1.29, 1.82) is 0 Å². The zero-order valence-electron chi connectivity index (χ0n) is 19.8. The van der Waals surface area contributed by atoms with Crippen molar-refractivity contribution in [3.05, 3.63) is 101 Å². The van der Waals surface area contributed by atoms with Gasteiger partial charge in [-0.2, -0.15) is 13.2 Å². The number of ether oxygens (including phenoxy) is 2. The number of alkyl halides is 3. The first-order chi connectivity index (χ1) is 16.7. The number of aryl methyl sites for hydroxylation is 2. The van der Waals surface area contributed by atoms with Gasteiger partial charge in [0.25, 0.3) is 0 Å². The molecule has 0 aliphatic heterocycles. The summed E-state index contributed by atoms with van der Waals surface area (Å²) in [6.45, 7) is 3.80. The maximum Gasteiger partial charge on any atom is 0.416 e. The van der Waals surface area contributed by atoms with E-state index in [-0.39, 0.29) is 6.61 Å². The number of carbonyl (C=O) groups is 1. The van der Waals surface area contributed by atoms with Crippen LogP contribution in [0.15, 0.2) is 77.7 Å². The van der Waals surface area contributed by atoms with Gasteiger partial charge in [-0.05, 0) is 65.9 Å². The predicted octanol–water partition coefficient (Wildman–Crippen LogP) is 7.35. The number of halogens is 3. The van der Waals surface area contributed by atoms with Gasteiger partial charge in [0.15, 0.2) is 6.61 Å². The number of benzene rings is 3. The number of methoxy groups -OCH3 is 1. The summed E-state index contributed by atoms with van der Waals surface area (Å²) in [5.41, 5.74) is 3.46. The largest absolute Gasteiger partial charge is 0.482 e. The molecule has 3 nitrogen and oxygen atoms in total. The van der Waals surface area contributed by atoms with Crippen LogP contribution in [0.1, 0.15) is 34.7 Å². The van der Waals surface area contributed by atoms with Crippen LogP contribution in [0.25, 0.3) is 5.57 Å². The van der Waals surface area contributed by atoms with Gasteiger partial charge < -0.3 is 9.47 Å². The third-order valence-electron chi connectivity index (χ3n) is 5.35. The number of hydrogen-bond donors (Lipinski definition) is 0. The summed E-state index contributed by atoms with van der Waals surface area (Å²) in [5.74, 6) is 0.738. The molecule has 0 unspecified atom stereocenters. The van der Waals surface area contributed by atoms with Gasteiger partial charge in [0.2, 0.25) is 0 Å². The second-order valence-electron chi connectivity index (χ2n) is 7.86. The van der Waals surface area contributed by atoms with Crippen molar-refractivity contribution < 1.29 is 27.4 Å². The molecule has 0 amide bonds. The highest BCUT2D eigenvalue weighted by Crippen LogP contribution is 2.34. The Morgan fingerprint density at radius 1 is 1.00 bits per heavy atom. The zero-order valence-corrected chi connectivity index (χ0v) is 20.6. The Morgan fingerprint density at radius 2 is 1.71 bits per heavy atom. The minimum absolute atomic E-state index is 0.157. The first-order valence-corrected chi connectivity index (χ1v) is 12.1. The summed E-state index contributed by atoms with van der Waals surface area (Å²) in [6, 6.07) is 18.9. The fraction of sp³-hybridized carbons (Fsp3) is 0.250. The van der Waals surface area contributed by atoms with E-state index in [4.69, 9.17) is 4.74 Å². The molecule has 7 heteroatoms. The van der Waals surface area contributed by atoms with Crippen molar-refractivity contribution in [3.63, 3.8) is 0 Å². The second kappa shape index (κ2) is 12.0. The molecule has 0 bridgehead atoms. The van der Waals surface area contributed by atoms with E-state index in [2.05, 4.69) is 4.74 Å². The minimum Gasteiger partial charge on any atom is -0.482 e. The average Bonchev–Trinajstić information content (AvgIpc) is 2.85. The molecule has 0 aromatic heterocycles. The normalized spacial score (nSPS) is 11.9. The second-order valence-corrected chi connectivity index (χ2v) is 8.96. The first kappa shape index (κ1) is 26.4. The minimum atomic E-state index is -4.41. The lowest BCUT2D eigenvalue weighted by atomic mass is 9.95. The average molecular weight is 501 g/mol. The lowest BCUT2D eigenvalue weighted by Gasteiger charge is -2.13. The van der Waals surface area contributed by atoms with Crippen LogP contribution in [-0.4, -0.2) is 25.4 Å². The molecule has 0 radical (unpaired) electrons. The summed E-state index contributed by atoms with van der Waals surface area (Å²) in [6.07, 6.45) is -1.72. The van der Waals surface area contributed by atoms with Crippen molar-refractivity contribution >= 4 is 23.3 Å². The summed E-state index contributed by atoms with van der Waals surface area (Å²) < 4.78 is 50.2. The van der Waals surface area contributed by atoms with Crippen LogP contribution in [-0.2, 0) is 22.1 Å². The number of carbonyl (C=O) groups excluding carboxylic acids is 1. The molecule has 0 aliphatic rings. The molecule has 3 rings (SSSR count). The molecule has 0 N–H and O–H groups in total. The van der Waals surface area contributed by atoms with E-state index in [1.807, 2.05) is 62.4 Å². The molecule has 0 aliphatic carbocycles. The quantitative estimate of drug-likeness (QED) is 0.227. The van der Waals surface area contributed by atoms with E-state index in [9.17, 15) is 18.0 Å². The highest BCUT2D eigenvalue weighted by atomic mass is 32.2. The Hall–Kier alpha value is -3.19. The highest BCUT2D eigenvalue weighted by Gasteiger charge is 2.30. The van der Waals surface area contributed by atoms with Crippen LogP contribution in [0, 0.1) is 6.92 Å². The molecule has 3 aromatic carbocycles. The maximum absolute atomic E-state index is 13.3. The third-order valence-corrected chi connectivity index (χ3v) is 6.27. The first-order valence-electron chi connectivity index (χ1n) is 11.1. The van der Waals surface area contributed by atoms with Crippen LogP contribution in [0.3, 0.4) is 0 Å². The maximum atomic E-state index is 13.3. The summed E-state index contributed by atoms with van der Waals surface area (Å²) in [4.78, 5) is 12.4. The van der Waals surface area contributed by atoms with Crippen molar-refractivity contribution in [2.75, 3.05) is 19.5 Å². The van der Waals surface area contributed by atoms with Crippen molar-refractivity contribution in [2.45, 2.75) is 31.3 Å². The van der Waals surface area contributed by atoms with Crippen LogP contribution in [0.2, 0.25) is 0 Å². The van der Waals surface area contributed by atoms with Crippen LogP contribution >= 0.6 is 11.8 Å². The Bertz CT molecular complexity index is 1200. The zero-order chi connectivity index (χ0) is 25.4. The lowest BCUT2D eigenvalue weighted by Crippen LogP contribution is -2.13. The topological polar surface area (TPSA) is 35.5 Å². The van der Waals surface area contributed by atoms with E-state index in [0.29, 0.717) is 17.1 Å². The lowest BCUT2D eigenvalue weighted by molar-refractivity contribution is -0.143. The van der Waals surface area contributed by atoms with Crippen LogP contribution < -0.4 is 4.74 Å². The van der Waals surface area contributed by atoms with E-state index < -0.39 is 17.7 Å². The smallest absolute Gasteiger partial charge is 0.416 e. The van der Waals surface area contributed by atoms with E-state index in [1.165, 1.54) is 19.2 Å². The SMILES string of the molecule is CCc1cc(SC/C=C(/c2cccc(C)c2)c2cccc(C(F)(F)F)c2)ccc1OCC(=O)OC. The molecule has 0 atom stereocenters.